The highest BCUT2D eigenvalue weighted by molar-refractivity contribution is 5.96. The van der Waals surface area contributed by atoms with Gasteiger partial charge in [0.1, 0.15) is 6.04 Å². The fourth-order valence-corrected chi connectivity index (χ4v) is 2.94. The van der Waals surface area contributed by atoms with Crippen molar-refractivity contribution in [2.24, 2.45) is 0 Å². The van der Waals surface area contributed by atoms with Crippen LogP contribution in [-0.4, -0.2) is 49.3 Å². The maximum absolute atomic E-state index is 13.1. The third kappa shape index (κ3) is 5.17. The van der Waals surface area contributed by atoms with Crippen LogP contribution in [0, 0.1) is 13.8 Å². The molecule has 2 aromatic rings. The number of likely N-dealkylation sites (N-methyl/N-ethyl adjacent to an activating group) is 2. The molecule has 0 aliphatic rings. The van der Waals surface area contributed by atoms with Crippen molar-refractivity contribution in [3.63, 3.8) is 0 Å². The van der Waals surface area contributed by atoms with E-state index >= 15 is 0 Å². The van der Waals surface area contributed by atoms with Crippen molar-refractivity contribution < 1.29 is 9.59 Å². The number of carbonyl (C=O) groups excluding carboxylic acids is 2. The number of aryl methyl sites for hydroxylation is 2. The van der Waals surface area contributed by atoms with Gasteiger partial charge in [-0.05, 0) is 49.7 Å². The van der Waals surface area contributed by atoms with Crippen LogP contribution in [0.1, 0.15) is 22.7 Å². The summed E-state index contributed by atoms with van der Waals surface area (Å²) in [6, 6.07) is 14.9. The largest absolute Gasteiger partial charge is 0.348 e. The van der Waals surface area contributed by atoms with E-state index in [0.717, 1.165) is 22.4 Å². The van der Waals surface area contributed by atoms with Crippen LogP contribution in [0.4, 0.5) is 5.69 Å². The van der Waals surface area contributed by atoms with E-state index in [1.807, 2.05) is 56.3 Å². The molecular weight excluding hydrogens is 326 g/mol. The molecule has 0 heterocycles. The van der Waals surface area contributed by atoms with E-state index in [0.29, 0.717) is 0 Å². The molecule has 0 unspecified atom stereocenters. The predicted octanol–water partition coefficient (Wildman–Crippen LogP) is 3.00. The Bertz CT molecular complexity index is 752. The molecule has 0 radical (unpaired) electrons. The monoisotopic (exact) mass is 353 g/mol. The molecule has 0 aliphatic carbocycles. The molecule has 5 heteroatoms. The van der Waals surface area contributed by atoms with E-state index in [1.165, 1.54) is 4.90 Å². The zero-order valence-electron chi connectivity index (χ0n) is 16.1. The van der Waals surface area contributed by atoms with Gasteiger partial charge in [0.15, 0.2) is 0 Å². The van der Waals surface area contributed by atoms with Gasteiger partial charge in [0, 0.05) is 19.8 Å². The van der Waals surface area contributed by atoms with Crippen LogP contribution in [0.15, 0.2) is 48.5 Å². The minimum Gasteiger partial charge on any atom is -0.348 e. The number of hydrogen-bond donors (Lipinski definition) is 1. The summed E-state index contributed by atoms with van der Waals surface area (Å²) in [7, 11) is 5.22. The van der Waals surface area contributed by atoms with Gasteiger partial charge in [-0.2, -0.15) is 0 Å². The number of carbonyl (C=O) groups is 2. The first-order valence-electron chi connectivity index (χ1n) is 8.62. The lowest BCUT2D eigenvalue weighted by Crippen LogP contribution is -2.41. The molecule has 0 aromatic heterocycles. The molecule has 2 aromatic carbocycles. The van der Waals surface area contributed by atoms with E-state index < -0.39 is 6.04 Å². The van der Waals surface area contributed by atoms with Crippen LogP contribution < -0.4 is 5.32 Å². The summed E-state index contributed by atoms with van der Waals surface area (Å²) in [5.74, 6) is -0.206. The summed E-state index contributed by atoms with van der Waals surface area (Å²) in [4.78, 5) is 28.5. The standard InChI is InChI=1S/C21H27N3O2/c1-15-11-16(2)13-18(12-15)22-21(26)20(17-9-7-6-8-10-17)24(5)14-19(25)23(3)4/h6-13,20H,14H2,1-5H3,(H,22,26)/t20-/m1/s1. The van der Waals surface area contributed by atoms with E-state index in [-0.39, 0.29) is 18.4 Å². The predicted molar refractivity (Wildman–Crippen MR) is 105 cm³/mol. The van der Waals surface area contributed by atoms with Gasteiger partial charge in [0.05, 0.1) is 6.54 Å². The summed E-state index contributed by atoms with van der Waals surface area (Å²) in [6.45, 7) is 4.16. The van der Waals surface area contributed by atoms with Crippen LogP contribution in [0.2, 0.25) is 0 Å². The molecule has 0 saturated carbocycles. The number of hydrogen-bond acceptors (Lipinski definition) is 3. The van der Waals surface area contributed by atoms with Gasteiger partial charge in [-0.3, -0.25) is 14.5 Å². The average molecular weight is 353 g/mol. The van der Waals surface area contributed by atoms with E-state index in [1.54, 1.807) is 26.0 Å². The number of nitrogens with zero attached hydrogens (tertiary/aromatic N) is 2. The average Bonchev–Trinajstić information content (AvgIpc) is 2.54. The molecule has 2 amide bonds. The number of nitrogens with one attached hydrogen (secondary N) is 1. The third-order valence-electron chi connectivity index (χ3n) is 4.18. The highest BCUT2D eigenvalue weighted by Crippen LogP contribution is 2.22. The Hall–Kier alpha value is -2.66. The SMILES string of the molecule is Cc1cc(C)cc(NC(=O)[C@@H](c2ccccc2)N(C)CC(=O)N(C)C)c1. The van der Waals surface area contributed by atoms with Crippen LogP contribution in [0.25, 0.3) is 0 Å². The summed E-state index contributed by atoms with van der Waals surface area (Å²) in [5, 5.41) is 3.00. The molecule has 0 aliphatic heterocycles. The molecule has 0 saturated heterocycles. The fraction of sp³-hybridized carbons (Fsp3) is 0.333. The molecule has 1 N–H and O–H groups in total. The Labute approximate surface area is 155 Å². The highest BCUT2D eigenvalue weighted by atomic mass is 16.2. The fourth-order valence-electron chi connectivity index (χ4n) is 2.94. The molecule has 138 valence electrons. The smallest absolute Gasteiger partial charge is 0.246 e. The highest BCUT2D eigenvalue weighted by Gasteiger charge is 2.27. The Kier molecular flexibility index (Phi) is 6.52. The van der Waals surface area contributed by atoms with Crippen LogP contribution in [0.3, 0.4) is 0 Å². The number of amides is 2. The van der Waals surface area contributed by atoms with Crippen molar-refractivity contribution in [3.05, 3.63) is 65.2 Å². The number of anilines is 1. The molecule has 2 rings (SSSR count). The van der Waals surface area contributed by atoms with Gasteiger partial charge in [-0.1, -0.05) is 36.4 Å². The third-order valence-corrected chi connectivity index (χ3v) is 4.18. The maximum atomic E-state index is 13.1. The summed E-state index contributed by atoms with van der Waals surface area (Å²) in [5.41, 5.74) is 3.80. The van der Waals surface area contributed by atoms with Gasteiger partial charge in [-0.25, -0.2) is 0 Å². The normalized spacial score (nSPS) is 11.9. The van der Waals surface area contributed by atoms with Crippen molar-refractivity contribution in [1.29, 1.82) is 0 Å². The molecule has 5 nitrogen and oxygen atoms in total. The maximum Gasteiger partial charge on any atom is 0.246 e. The second kappa shape index (κ2) is 8.63. The Morgan fingerprint density at radius 2 is 1.54 bits per heavy atom. The van der Waals surface area contributed by atoms with Gasteiger partial charge in [-0.15, -0.1) is 0 Å². The Morgan fingerprint density at radius 3 is 2.08 bits per heavy atom. The first kappa shape index (κ1) is 19.7. The second-order valence-corrected chi connectivity index (χ2v) is 6.88. The van der Waals surface area contributed by atoms with Crippen molar-refractivity contribution in [2.75, 3.05) is 33.0 Å². The van der Waals surface area contributed by atoms with Crippen LogP contribution in [0.5, 0.6) is 0 Å². The summed E-state index contributed by atoms with van der Waals surface area (Å²) in [6.07, 6.45) is 0. The Morgan fingerprint density at radius 1 is 0.962 bits per heavy atom. The van der Waals surface area contributed by atoms with Crippen molar-refractivity contribution in [2.45, 2.75) is 19.9 Å². The zero-order valence-corrected chi connectivity index (χ0v) is 16.1. The Balaban J connectivity index is 2.28. The number of rotatable bonds is 6. The molecule has 0 spiro atoms. The zero-order chi connectivity index (χ0) is 19.3. The van der Waals surface area contributed by atoms with Crippen molar-refractivity contribution in [3.8, 4) is 0 Å². The lowest BCUT2D eigenvalue weighted by atomic mass is 10.0. The lowest BCUT2D eigenvalue weighted by Gasteiger charge is -2.28. The summed E-state index contributed by atoms with van der Waals surface area (Å²) >= 11 is 0. The first-order chi connectivity index (χ1) is 12.3. The van der Waals surface area contributed by atoms with Gasteiger partial charge < -0.3 is 10.2 Å². The van der Waals surface area contributed by atoms with Gasteiger partial charge >= 0.3 is 0 Å². The van der Waals surface area contributed by atoms with Gasteiger partial charge in [0.25, 0.3) is 0 Å². The first-order valence-corrected chi connectivity index (χ1v) is 8.62. The molecule has 26 heavy (non-hydrogen) atoms. The molecular formula is C21H27N3O2. The lowest BCUT2D eigenvalue weighted by molar-refractivity contribution is -0.131. The molecule has 0 fully saturated rings. The van der Waals surface area contributed by atoms with E-state index in [4.69, 9.17) is 0 Å². The van der Waals surface area contributed by atoms with Gasteiger partial charge in [0.2, 0.25) is 11.8 Å². The van der Waals surface area contributed by atoms with Crippen molar-refractivity contribution >= 4 is 17.5 Å². The van der Waals surface area contributed by atoms with E-state index in [2.05, 4.69) is 11.4 Å². The van der Waals surface area contributed by atoms with Crippen LogP contribution in [-0.2, 0) is 9.59 Å². The quantitative estimate of drug-likeness (QED) is 0.869. The van der Waals surface area contributed by atoms with E-state index in [9.17, 15) is 9.59 Å². The number of benzene rings is 2. The minimum atomic E-state index is -0.555. The topological polar surface area (TPSA) is 52.7 Å². The molecule has 0 bridgehead atoms. The second-order valence-electron chi connectivity index (χ2n) is 6.88. The minimum absolute atomic E-state index is 0.0485. The van der Waals surface area contributed by atoms with Crippen molar-refractivity contribution in [1.82, 2.24) is 9.80 Å². The summed E-state index contributed by atoms with van der Waals surface area (Å²) < 4.78 is 0. The molecule has 1 atom stereocenters. The van der Waals surface area contributed by atoms with Crippen LogP contribution >= 0.6 is 0 Å².